The Morgan fingerprint density at radius 3 is 1.16 bits per heavy atom. The van der Waals surface area contributed by atoms with Crippen LogP contribution in [-0.2, 0) is 0 Å². The number of likely N-dealkylation sites (tertiary alicyclic amines) is 2. The fourth-order valence-corrected chi connectivity index (χ4v) is 4.19. The predicted molar refractivity (Wildman–Crippen MR) is 83.1 cm³/mol. The summed E-state index contributed by atoms with van der Waals surface area (Å²) in [7, 11) is 5.02. The maximum atomic E-state index is 2.51. The van der Waals surface area contributed by atoms with Gasteiger partial charge in [0.05, 0.1) is 53.4 Å². The summed E-state index contributed by atoms with van der Waals surface area (Å²) in [6.07, 6.45) is 13.2. The lowest BCUT2D eigenvalue weighted by atomic mass is 10.2. The zero-order chi connectivity index (χ0) is 13.6. The van der Waals surface area contributed by atoms with E-state index in [1.807, 2.05) is 0 Å². The Morgan fingerprint density at radius 2 is 0.842 bits per heavy atom. The Balaban J connectivity index is 1.75. The van der Waals surface area contributed by atoms with E-state index in [1.165, 1.54) is 106 Å². The fourth-order valence-electron chi connectivity index (χ4n) is 4.19. The molecule has 112 valence electrons. The highest BCUT2D eigenvalue weighted by Gasteiger charge is 2.27. The molecule has 2 aliphatic heterocycles. The Labute approximate surface area is 121 Å². The van der Waals surface area contributed by atoms with Crippen LogP contribution in [-0.4, -0.2) is 62.3 Å². The maximum Gasteiger partial charge on any atom is 0.0838 e. The molecule has 0 aromatic carbocycles. The van der Waals surface area contributed by atoms with E-state index in [-0.39, 0.29) is 0 Å². The van der Waals surface area contributed by atoms with Crippen LogP contribution in [0.25, 0.3) is 0 Å². The van der Waals surface area contributed by atoms with Crippen molar-refractivity contribution in [3.63, 3.8) is 0 Å². The normalized spacial score (nSPS) is 27.5. The van der Waals surface area contributed by atoms with Crippen LogP contribution < -0.4 is 0 Å². The molecule has 0 aromatic heterocycles. The van der Waals surface area contributed by atoms with E-state index in [0.29, 0.717) is 0 Å². The first-order valence-corrected chi connectivity index (χ1v) is 8.79. The molecule has 2 rings (SSSR count). The van der Waals surface area contributed by atoms with Crippen molar-refractivity contribution in [1.82, 2.24) is 0 Å². The third-order valence-corrected chi connectivity index (χ3v) is 5.69. The van der Waals surface area contributed by atoms with Gasteiger partial charge < -0.3 is 8.97 Å². The summed E-state index contributed by atoms with van der Waals surface area (Å²) in [5.41, 5.74) is 0. The highest BCUT2D eigenvalue weighted by Crippen LogP contribution is 2.19. The molecule has 2 aliphatic rings. The molecule has 2 heterocycles. The second kappa shape index (κ2) is 7.08. The monoisotopic (exact) mass is 268 g/mol. The summed E-state index contributed by atoms with van der Waals surface area (Å²) in [4.78, 5) is 0. The summed E-state index contributed by atoms with van der Waals surface area (Å²) in [5, 5.41) is 0. The van der Waals surface area contributed by atoms with Gasteiger partial charge in [-0.05, 0) is 51.4 Å². The molecule has 19 heavy (non-hydrogen) atoms. The number of rotatable bonds is 4. The van der Waals surface area contributed by atoms with Gasteiger partial charge in [0.2, 0.25) is 0 Å². The van der Waals surface area contributed by atoms with Crippen molar-refractivity contribution in [2.45, 2.75) is 57.8 Å². The van der Waals surface area contributed by atoms with Crippen molar-refractivity contribution < 1.29 is 8.97 Å². The molecule has 0 bridgehead atoms. The zero-order valence-electron chi connectivity index (χ0n) is 13.5. The molecular formula is C17H36N2+2. The van der Waals surface area contributed by atoms with Gasteiger partial charge in [-0.15, -0.1) is 0 Å². The van der Waals surface area contributed by atoms with Crippen molar-refractivity contribution in [2.24, 2.45) is 0 Å². The highest BCUT2D eigenvalue weighted by molar-refractivity contribution is 4.54. The number of nitrogens with zero attached hydrogens (tertiary/aromatic N) is 2. The Morgan fingerprint density at radius 1 is 0.526 bits per heavy atom. The molecular weight excluding hydrogens is 232 g/mol. The summed E-state index contributed by atoms with van der Waals surface area (Å²) in [6, 6.07) is 0. The van der Waals surface area contributed by atoms with Crippen LogP contribution >= 0.6 is 0 Å². The molecule has 0 N–H and O–H groups in total. The predicted octanol–water partition coefficient (Wildman–Crippen LogP) is 3.42. The van der Waals surface area contributed by atoms with Gasteiger partial charge in [-0.3, -0.25) is 0 Å². The summed E-state index contributed by atoms with van der Waals surface area (Å²) < 4.78 is 2.72. The first kappa shape index (κ1) is 15.3. The largest absolute Gasteiger partial charge is 0.326 e. The third-order valence-electron chi connectivity index (χ3n) is 5.69. The summed E-state index contributed by atoms with van der Waals surface area (Å²) >= 11 is 0. The third kappa shape index (κ3) is 5.07. The topological polar surface area (TPSA) is 0 Å². The van der Waals surface area contributed by atoms with Gasteiger partial charge in [-0.25, -0.2) is 0 Å². The average molecular weight is 268 g/mol. The van der Waals surface area contributed by atoms with Crippen LogP contribution in [0.4, 0.5) is 0 Å². The second-order valence-electron chi connectivity index (χ2n) is 7.76. The molecule has 0 unspecified atom stereocenters. The standard InChI is InChI=1S/C17H36N2/c1-18(12-7-3-4-8-13-18)16-11-17-19(2)14-9-5-6-10-15-19/h3-17H2,1-2H3/q+2. The van der Waals surface area contributed by atoms with Gasteiger partial charge >= 0.3 is 0 Å². The Kier molecular flexibility index (Phi) is 5.70. The van der Waals surface area contributed by atoms with Crippen LogP contribution in [0.1, 0.15) is 57.8 Å². The van der Waals surface area contributed by atoms with E-state index < -0.39 is 0 Å². The van der Waals surface area contributed by atoms with E-state index in [2.05, 4.69) is 14.1 Å². The van der Waals surface area contributed by atoms with E-state index in [4.69, 9.17) is 0 Å². The van der Waals surface area contributed by atoms with Crippen LogP contribution in [0.15, 0.2) is 0 Å². The molecule has 2 saturated heterocycles. The van der Waals surface area contributed by atoms with Crippen molar-refractivity contribution in [3.8, 4) is 0 Å². The second-order valence-corrected chi connectivity index (χ2v) is 7.76. The van der Waals surface area contributed by atoms with Crippen LogP contribution in [0.5, 0.6) is 0 Å². The molecule has 0 radical (unpaired) electrons. The lowest BCUT2D eigenvalue weighted by molar-refractivity contribution is -0.927. The molecule has 0 aromatic rings. The summed E-state index contributed by atoms with van der Waals surface area (Å²) in [6.45, 7) is 8.59. The van der Waals surface area contributed by atoms with Gasteiger partial charge in [-0.1, -0.05) is 0 Å². The SMILES string of the molecule is C[N+]1(CCC[N+]2(C)CCCCCC2)CCCCCC1. The lowest BCUT2D eigenvalue weighted by Crippen LogP contribution is -2.49. The molecule has 2 nitrogen and oxygen atoms in total. The Hall–Kier alpha value is -0.0800. The van der Waals surface area contributed by atoms with Crippen molar-refractivity contribution in [2.75, 3.05) is 53.4 Å². The minimum absolute atomic E-state index is 1.36. The van der Waals surface area contributed by atoms with Crippen LogP contribution in [0, 0.1) is 0 Å². The van der Waals surface area contributed by atoms with Gasteiger partial charge in [-0.2, -0.15) is 0 Å². The smallest absolute Gasteiger partial charge is 0.0838 e. The van der Waals surface area contributed by atoms with Crippen molar-refractivity contribution in [1.29, 1.82) is 0 Å². The molecule has 2 fully saturated rings. The van der Waals surface area contributed by atoms with Crippen LogP contribution in [0.3, 0.4) is 0 Å². The first-order chi connectivity index (χ1) is 9.12. The molecule has 0 spiro atoms. The van der Waals surface area contributed by atoms with E-state index >= 15 is 0 Å². The highest BCUT2D eigenvalue weighted by atomic mass is 15.4. The van der Waals surface area contributed by atoms with E-state index in [1.54, 1.807) is 0 Å². The quantitative estimate of drug-likeness (QED) is 0.685. The summed E-state index contributed by atoms with van der Waals surface area (Å²) in [5.74, 6) is 0. The zero-order valence-corrected chi connectivity index (χ0v) is 13.5. The number of hydrogen-bond donors (Lipinski definition) is 0. The van der Waals surface area contributed by atoms with E-state index in [0.717, 1.165) is 0 Å². The minimum atomic E-state index is 1.36. The van der Waals surface area contributed by atoms with Gasteiger partial charge in [0.1, 0.15) is 0 Å². The minimum Gasteiger partial charge on any atom is -0.326 e. The maximum absolute atomic E-state index is 2.51. The number of quaternary nitrogens is 2. The molecule has 0 amide bonds. The van der Waals surface area contributed by atoms with Gasteiger partial charge in [0.25, 0.3) is 0 Å². The fraction of sp³-hybridized carbons (Fsp3) is 1.00. The van der Waals surface area contributed by atoms with Gasteiger partial charge in [0, 0.05) is 6.42 Å². The Bertz CT molecular complexity index is 220. The molecule has 0 atom stereocenters. The van der Waals surface area contributed by atoms with Crippen molar-refractivity contribution in [3.05, 3.63) is 0 Å². The van der Waals surface area contributed by atoms with E-state index in [9.17, 15) is 0 Å². The first-order valence-electron chi connectivity index (χ1n) is 8.79. The van der Waals surface area contributed by atoms with Crippen molar-refractivity contribution >= 4 is 0 Å². The number of hydrogen-bond acceptors (Lipinski definition) is 0. The molecule has 0 aliphatic carbocycles. The average Bonchev–Trinajstić information content (AvgIpc) is 2.71. The lowest BCUT2D eigenvalue weighted by Gasteiger charge is -2.37. The molecule has 2 heteroatoms. The molecule has 0 saturated carbocycles. The van der Waals surface area contributed by atoms with Crippen LogP contribution in [0.2, 0.25) is 0 Å². The van der Waals surface area contributed by atoms with Gasteiger partial charge in [0.15, 0.2) is 0 Å².